The summed E-state index contributed by atoms with van der Waals surface area (Å²) in [6.45, 7) is 8.01. The number of amides is 2. The average molecular weight is 422 g/mol. The number of carbonyl (C=O) groups excluding carboxylic acids is 2. The SMILES string of the molecule is C=CCc1cc(/C=C2/SC(=O)N(CC=C)C2=O)cc(OC)c1OCc1ccccc1. The molecule has 0 unspecified atom stereocenters. The zero-order valence-electron chi connectivity index (χ0n) is 16.8. The predicted molar refractivity (Wildman–Crippen MR) is 121 cm³/mol. The zero-order valence-corrected chi connectivity index (χ0v) is 17.6. The van der Waals surface area contributed by atoms with E-state index in [1.54, 1.807) is 25.3 Å². The molecule has 0 atom stereocenters. The van der Waals surface area contributed by atoms with E-state index < -0.39 is 0 Å². The normalized spacial score (nSPS) is 14.8. The van der Waals surface area contributed by atoms with E-state index >= 15 is 0 Å². The summed E-state index contributed by atoms with van der Waals surface area (Å²) < 4.78 is 11.6. The number of hydrogen-bond donors (Lipinski definition) is 0. The van der Waals surface area contributed by atoms with Gasteiger partial charge < -0.3 is 9.47 Å². The molecule has 0 N–H and O–H groups in total. The van der Waals surface area contributed by atoms with Crippen LogP contribution in [0.15, 0.2) is 72.7 Å². The highest BCUT2D eigenvalue weighted by Crippen LogP contribution is 2.37. The van der Waals surface area contributed by atoms with Crippen molar-refractivity contribution in [1.29, 1.82) is 0 Å². The fourth-order valence-corrected chi connectivity index (χ4v) is 3.91. The van der Waals surface area contributed by atoms with E-state index in [1.807, 2.05) is 36.4 Å². The van der Waals surface area contributed by atoms with Crippen LogP contribution in [-0.4, -0.2) is 29.7 Å². The third-order valence-corrected chi connectivity index (χ3v) is 5.35. The maximum atomic E-state index is 12.5. The Balaban J connectivity index is 1.92. The first-order valence-electron chi connectivity index (χ1n) is 9.42. The standard InChI is InChI=1S/C24H23NO4S/c1-4-9-19-13-18(15-21-23(26)25(12-5-2)24(27)30-21)14-20(28-3)22(19)29-16-17-10-7-6-8-11-17/h4-8,10-11,13-15H,1-2,9,12,16H2,3H3/b21-15+. The van der Waals surface area contributed by atoms with Gasteiger partial charge in [-0.2, -0.15) is 0 Å². The Bertz CT molecular complexity index is 998. The molecule has 3 rings (SSSR count). The van der Waals surface area contributed by atoms with Crippen LogP contribution in [-0.2, 0) is 17.8 Å². The molecule has 30 heavy (non-hydrogen) atoms. The average Bonchev–Trinajstić information content (AvgIpc) is 3.01. The molecule has 1 fully saturated rings. The quantitative estimate of drug-likeness (QED) is 0.410. The van der Waals surface area contributed by atoms with Gasteiger partial charge in [0.2, 0.25) is 0 Å². The molecule has 5 nitrogen and oxygen atoms in total. The molecule has 0 aliphatic carbocycles. The van der Waals surface area contributed by atoms with Gasteiger partial charge in [-0.15, -0.1) is 13.2 Å². The van der Waals surface area contributed by atoms with Gasteiger partial charge in [0.1, 0.15) is 6.61 Å². The van der Waals surface area contributed by atoms with Gasteiger partial charge in [-0.05, 0) is 47.5 Å². The van der Waals surface area contributed by atoms with Crippen molar-refractivity contribution >= 4 is 29.0 Å². The van der Waals surface area contributed by atoms with Crippen LogP contribution in [0.4, 0.5) is 4.79 Å². The molecule has 154 valence electrons. The largest absolute Gasteiger partial charge is 0.493 e. The summed E-state index contributed by atoms with van der Waals surface area (Å²) in [5, 5.41) is -0.299. The number of nitrogens with zero attached hydrogens (tertiary/aromatic N) is 1. The number of methoxy groups -OCH3 is 1. The third-order valence-electron chi connectivity index (χ3n) is 4.45. The minimum atomic E-state index is -0.321. The van der Waals surface area contributed by atoms with Crippen molar-refractivity contribution in [3.05, 3.63) is 89.4 Å². The van der Waals surface area contributed by atoms with Crippen LogP contribution in [0.1, 0.15) is 16.7 Å². The fourth-order valence-electron chi connectivity index (χ4n) is 3.06. The maximum Gasteiger partial charge on any atom is 0.293 e. The van der Waals surface area contributed by atoms with Crippen LogP contribution < -0.4 is 9.47 Å². The number of thioether (sulfide) groups is 1. The molecule has 0 spiro atoms. The molecule has 1 saturated heterocycles. The number of imide groups is 1. The van der Waals surface area contributed by atoms with Crippen LogP contribution >= 0.6 is 11.8 Å². The van der Waals surface area contributed by atoms with E-state index in [0.717, 1.165) is 28.5 Å². The molecule has 2 aromatic rings. The summed E-state index contributed by atoms with van der Waals surface area (Å²) in [5.74, 6) is 0.874. The monoisotopic (exact) mass is 421 g/mol. The van der Waals surface area contributed by atoms with Gasteiger partial charge in [0.25, 0.3) is 11.1 Å². The lowest BCUT2D eigenvalue weighted by Gasteiger charge is -2.16. The van der Waals surface area contributed by atoms with Crippen LogP contribution in [0.3, 0.4) is 0 Å². The number of allylic oxidation sites excluding steroid dienone is 1. The van der Waals surface area contributed by atoms with Crippen molar-refractivity contribution < 1.29 is 19.1 Å². The van der Waals surface area contributed by atoms with E-state index in [4.69, 9.17) is 9.47 Å². The smallest absolute Gasteiger partial charge is 0.293 e. The summed E-state index contributed by atoms with van der Waals surface area (Å²) in [4.78, 5) is 26.1. The molecule has 2 aromatic carbocycles. The molecular formula is C24H23NO4S. The van der Waals surface area contributed by atoms with E-state index in [0.29, 0.717) is 29.4 Å². The Labute approximate surface area is 180 Å². The fraction of sp³-hybridized carbons (Fsp3) is 0.167. The van der Waals surface area contributed by atoms with Crippen LogP contribution in [0, 0.1) is 0 Å². The highest BCUT2D eigenvalue weighted by atomic mass is 32.2. The van der Waals surface area contributed by atoms with Gasteiger partial charge in [-0.3, -0.25) is 14.5 Å². The highest BCUT2D eigenvalue weighted by molar-refractivity contribution is 8.18. The van der Waals surface area contributed by atoms with Gasteiger partial charge >= 0.3 is 0 Å². The van der Waals surface area contributed by atoms with Crippen LogP contribution in [0.5, 0.6) is 11.5 Å². The number of ether oxygens (including phenoxy) is 2. The third kappa shape index (κ3) is 4.83. The Kier molecular flexibility index (Phi) is 7.14. The number of hydrogen-bond acceptors (Lipinski definition) is 5. The summed E-state index contributed by atoms with van der Waals surface area (Å²) in [7, 11) is 1.57. The van der Waals surface area contributed by atoms with Gasteiger partial charge in [0.05, 0.1) is 12.0 Å². The second-order valence-electron chi connectivity index (χ2n) is 6.56. The van der Waals surface area contributed by atoms with Crippen molar-refractivity contribution in [3.8, 4) is 11.5 Å². The number of benzene rings is 2. The second kappa shape index (κ2) is 9.98. The lowest BCUT2D eigenvalue weighted by Crippen LogP contribution is -2.27. The van der Waals surface area contributed by atoms with Crippen molar-refractivity contribution in [2.75, 3.05) is 13.7 Å². The minimum Gasteiger partial charge on any atom is -0.493 e. The lowest BCUT2D eigenvalue weighted by molar-refractivity contribution is -0.122. The van der Waals surface area contributed by atoms with Gasteiger partial charge in [-0.1, -0.05) is 42.5 Å². The topological polar surface area (TPSA) is 55.8 Å². The first-order valence-corrected chi connectivity index (χ1v) is 10.2. The highest BCUT2D eigenvalue weighted by Gasteiger charge is 2.34. The molecule has 0 saturated carbocycles. The maximum absolute atomic E-state index is 12.5. The molecule has 0 radical (unpaired) electrons. The first-order chi connectivity index (χ1) is 14.6. The first kappa shape index (κ1) is 21.5. The molecule has 6 heteroatoms. The summed E-state index contributed by atoms with van der Waals surface area (Å²) >= 11 is 0.920. The molecule has 2 amide bonds. The van der Waals surface area contributed by atoms with Crippen molar-refractivity contribution in [2.45, 2.75) is 13.0 Å². The number of rotatable bonds is 9. The Morgan fingerprint density at radius 1 is 1.10 bits per heavy atom. The van der Waals surface area contributed by atoms with Crippen molar-refractivity contribution in [1.82, 2.24) is 4.90 Å². The minimum absolute atomic E-state index is 0.194. The molecule has 0 bridgehead atoms. The molecular weight excluding hydrogens is 398 g/mol. The zero-order chi connectivity index (χ0) is 21.5. The molecule has 0 aromatic heterocycles. The van der Waals surface area contributed by atoms with Crippen molar-refractivity contribution in [3.63, 3.8) is 0 Å². The van der Waals surface area contributed by atoms with E-state index in [1.165, 1.54) is 11.0 Å². The Morgan fingerprint density at radius 3 is 2.53 bits per heavy atom. The van der Waals surface area contributed by atoms with E-state index in [2.05, 4.69) is 13.2 Å². The van der Waals surface area contributed by atoms with E-state index in [-0.39, 0.29) is 17.7 Å². The molecule has 1 heterocycles. The summed E-state index contributed by atoms with van der Waals surface area (Å²) in [5.41, 5.74) is 2.68. The van der Waals surface area contributed by atoms with E-state index in [9.17, 15) is 9.59 Å². The van der Waals surface area contributed by atoms with Crippen molar-refractivity contribution in [2.24, 2.45) is 0 Å². The Hall–Kier alpha value is -3.25. The summed E-state index contributed by atoms with van der Waals surface area (Å²) in [6.07, 6.45) is 5.58. The Morgan fingerprint density at radius 2 is 1.87 bits per heavy atom. The van der Waals surface area contributed by atoms with Gasteiger partial charge in [-0.25, -0.2) is 0 Å². The summed E-state index contributed by atoms with van der Waals surface area (Å²) in [6, 6.07) is 13.6. The number of carbonyl (C=O) groups is 2. The van der Waals surface area contributed by atoms with Crippen LogP contribution in [0.25, 0.3) is 6.08 Å². The lowest BCUT2D eigenvalue weighted by atomic mass is 10.0. The van der Waals surface area contributed by atoms with Gasteiger partial charge in [0, 0.05) is 12.1 Å². The molecule has 1 aliphatic rings. The molecule has 1 aliphatic heterocycles. The van der Waals surface area contributed by atoms with Crippen LogP contribution in [0.2, 0.25) is 0 Å². The van der Waals surface area contributed by atoms with Gasteiger partial charge in [0.15, 0.2) is 11.5 Å². The second-order valence-corrected chi connectivity index (χ2v) is 7.55. The predicted octanol–water partition coefficient (Wildman–Crippen LogP) is 5.23.